The van der Waals surface area contributed by atoms with Gasteiger partial charge in [-0.05, 0) is 53.6 Å². The van der Waals surface area contributed by atoms with Crippen LogP contribution >= 0.6 is 0 Å². The van der Waals surface area contributed by atoms with Crippen molar-refractivity contribution in [3.8, 4) is 11.1 Å². The summed E-state index contributed by atoms with van der Waals surface area (Å²) in [6.07, 6.45) is 4.23. The van der Waals surface area contributed by atoms with Gasteiger partial charge in [-0.25, -0.2) is 19.0 Å². The number of benzene rings is 1. The Bertz CT molecular complexity index is 1520. The van der Waals surface area contributed by atoms with E-state index < -0.39 is 12.1 Å². The van der Waals surface area contributed by atoms with Crippen LogP contribution in [0.15, 0.2) is 30.6 Å². The fraction of sp³-hybridized carbons (Fsp3) is 0.448. The minimum atomic E-state index is -1.03. The molecule has 2 saturated heterocycles. The summed E-state index contributed by atoms with van der Waals surface area (Å²) in [5.74, 6) is -0.210. The quantitative estimate of drug-likeness (QED) is 0.504. The number of carbonyl (C=O) groups is 3. The lowest BCUT2D eigenvalue weighted by molar-refractivity contribution is -0.126. The molecule has 10 nitrogen and oxygen atoms in total. The van der Waals surface area contributed by atoms with Gasteiger partial charge in [-0.3, -0.25) is 9.69 Å². The fourth-order valence-corrected chi connectivity index (χ4v) is 6.89. The van der Waals surface area contributed by atoms with Gasteiger partial charge in [0.25, 0.3) is 0 Å². The molecule has 0 radical (unpaired) electrons. The van der Waals surface area contributed by atoms with Crippen LogP contribution in [-0.2, 0) is 22.5 Å². The van der Waals surface area contributed by atoms with Gasteiger partial charge in [-0.15, -0.1) is 0 Å². The maximum absolute atomic E-state index is 14.4. The molecule has 2 bridgehead atoms. The van der Waals surface area contributed by atoms with Crippen molar-refractivity contribution in [2.45, 2.75) is 31.8 Å². The monoisotopic (exact) mass is 547 g/mol. The van der Waals surface area contributed by atoms with Gasteiger partial charge < -0.3 is 24.6 Å². The number of amides is 3. The van der Waals surface area contributed by atoms with Crippen LogP contribution in [0, 0.1) is 17.7 Å². The van der Waals surface area contributed by atoms with Gasteiger partial charge in [-0.1, -0.05) is 6.07 Å². The maximum Gasteiger partial charge on any atom is 0.407 e. The first-order chi connectivity index (χ1) is 19.4. The highest BCUT2D eigenvalue weighted by atomic mass is 19.1. The Labute approximate surface area is 229 Å². The Kier molecular flexibility index (Phi) is 5.99. The van der Waals surface area contributed by atoms with E-state index in [0.29, 0.717) is 56.0 Å². The Morgan fingerprint density at radius 2 is 1.88 bits per heavy atom. The number of piperidine rings is 1. The molecular formula is C29H30FN5O5. The van der Waals surface area contributed by atoms with Crippen LogP contribution in [0.5, 0.6) is 0 Å². The normalized spacial score (nSPS) is 24.5. The molecule has 11 heteroatoms. The molecule has 3 aromatic rings. The molecule has 2 unspecified atom stereocenters. The number of H-pyrrole nitrogens is 1. The number of urea groups is 1. The van der Waals surface area contributed by atoms with Crippen molar-refractivity contribution in [3.05, 3.63) is 53.1 Å². The molecule has 1 saturated carbocycles. The van der Waals surface area contributed by atoms with E-state index >= 15 is 0 Å². The summed E-state index contributed by atoms with van der Waals surface area (Å²) in [7, 11) is 0. The predicted molar refractivity (Wildman–Crippen MR) is 142 cm³/mol. The van der Waals surface area contributed by atoms with Gasteiger partial charge in [0.15, 0.2) is 0 Å². The van der Waals surface area contributed by atoms with Gasteiger partial charge in [0.05, 0.1) is 24.6 Å². The Hall–Kier alpha value is -3.99. The SMILES string of the molecule is O=C1C2CCC1CN(C(=O)N1CCc3cc(-c4cnc5[nH]cc(F)c5c4)cc([C@@H]4COCCN4C(=O)O)c3C1)C2. The van der Waals surface area contributed by atoms with Crippen LogP contribution < -0.4 is 0 Å². The molecule has 2 aromatic heterocycles. The van der Waals surface area contributed by atoms with Crippen LogP contribution in [-0.4, -0.2) is 87.1 Å². The predicted octanol–water partition coefficient (Wildman–Crippen LogP) is 3.81. The second kappa shape index (κ2) is 9.58. The van der Waals surface area contributed by atoms with Crippen LogP contribution in [0.4, 0.5) is 14.0 Å². The lowest BCUT2D eigenvalue weighted by Crippen LogP contribution is -2.52. The number of aromatic amines is 1. The van der Waals surface area contributed by atoms with Crippen LogP contribution in [0.25, 0.3) is 22.2 Å². The molecule has 3 fully saturated rings. The van der Waals surface area contributed by atoms with E-state index in [0.717, 1.165) is 40.7 Å². The van der Waals surface area contributed by atoms with Crippen molar-refractivity contribution >= 4 is 28.9 Å². The number of nitrogens with zero attached hydrogens (tertiary/aromatic N) is 4. The summed E-state index contributed by atoms with van der Waals surface area (Å²) in [5, 5.41) is 10.4. The molecule has 3 atom stereocenters. The number of Topliss-reactive ketones (excluding diaryl/α,β-unsaturated/α-hetero) is 1. The second-order valence-corrected chi connectivity index (χ2v) is 11.3. The van der Waals surface area contributed by atoms with Crippen molar-refractivity contribution in [1.29, 1.82) is 0 Å². The number of halogens is 1. The van der Waals surface area contributed by atoms with Gasteiger partial charge in [0, 0.05) is 62.5 Å². The van der Waals surface area contributed by atoms with Gasteiger partial charge in [-0.2, -0.15) is 0 Å². The zero-order valence-corrected chi connectivity index (χ0v) is 21.9. The summed E-state index contributed by atoms with van der Waals surface area (Å²) in [5.41, 5.74) is 4.72. The zero-order chi connectivity index (χ0) is 27.5. The number of likely N-dealkylation sites (tertiary alicyclic amines) is 1. The molecule has 1 aromatic carbocycles. The standard InChI is InChI=1S/C29H30FN5O5/c30-24-11-32-27-22(24)9-20(10-31-27)19-7-16-3-4-33(28(37)34-12-17-1-2-18(13-34)26(17)36)14-23(16)21(8-19)25-15-40-6-5-35(25)29(38)39/h7-11,17-18,25H,1-6,12-15H2,(H,31,32)(H,38,39)/t17?,18?,25-/m0/s1. The Balaban J connectivity index is 1.26. The lowest BCUT2D eigenvalue weighted by atomic mass is 9.87. The minimum Gasteiger partial charge on any atom is -0.465 e. The molecule has 4 aliphatic rings. The molecule has 7 rings (SSSR count). The van der Waals surface area contributed by atoms with E-state index in [9.17, 15) is 23.9 Å². The molecule has 40 heavy (non-hydrogen) atoms. The molecule has 3 aliphatic heterocycles. The number of hydrogen-bond acceptors (Lipinski definition) is 5. The number of rotatable bonds is 2. The summed E-state index contributed by atoms with van der Waals surface area (Å²) in [6.45, 7) is 2.57. The van der Waals surface area contributed by atoms with E-state index in [-0.39, 0.29) is 36.8 Å². The number of carbonyl (C=O) groups excluding carboxylic acids is 2. The average molecular weight is 548 g/mol. The molecular weight excluding hydrogens is 517 g/mol. The lowest BCUT2D eigenvalue weighted by Gasteiger charge is -2.40. The highest BCUT2D eigenvalue weighted by Crippen LogP contribution is 2.38. The Morgan fingerprint density at radius 1 is 1.07 bits per heavy atom. The van der Waals surface area contributed by atoms with Crippen molar-refractivity contribution in [2.24, 2.45) is 11.8 Å². The number of morpholine rings is 1. The number of hydrogen-bond donors (Lipinski definition) is 2. The van der Waals surface area contributed by atoms with Crippen molar-refractivity contribution in [1.82, 2.24) is 24.7 Å². The van der Waals surface area contributed by atoms with Crippen LogP contribution in [0.1, 0.15) is 35.6 Å². The van der Waals surface area contributed by atoms with Crippen molar-refractivity contribution in [2.75, 3.05) is 39.4 Å². The number of nitrogens with one attached hydrogen (secondary N) is 1. The highest BCUT2D eigenvalue weighted by molar-refractivity contribution is 5.89. The first kappa shape index (κ1) is 25.0. The molecule has 0 spiro atoms. The summed E-state index contributed by atoms with van der Waals surface area (Å²) >= 11 is 0. The molecule has 208 valence electrons. The third-order valence-electron chi connectivity index (χ3n) is 9.01. The largest absolute Gasteiger partial charge is 0.465 e. The molecule has 3 amide bonds. The van der Waals surface area contributed by atoms with E-state index in [1.165, 1.54) is 11.1 Å². The Morgan fingerprint density at radius 3 is 2.65 bits per heavy atom. The first-order valence-corrected chi connectivity index (χ1v) is 13.8. The van der Waals surface area contributed by atoms with E-state index in [1.54, 1.807) is 12.3 Å². The minimum absolute atomic E-state index is 0.0581. The van der Waals surface area contributed by atoms with E-state index in [4.69, 9.17) is 4.74 Å². The van der Waals surface area contributed by atoms with E-state index in [2.05, 4.69) is 9.97 Å². The molecule has 1 aliphatic carbocycles. The van der Waals surface area contributed by atoms with Gasteiger partial charge in [0.2, 0.25) is 0 Å². The van der Waals surface area contributed by atoms with Crippen molar-refractivity contribution < 1.29 is 28.6 Å². The number of aromatic nitrogens is 2. The van der Waals surface area contributed by atoms with Crippen LogP contribution in [0.3, 0.4) is 0 Å². The van der Waals surface area contributed by atoms with Crippen molar-refractivity contribution in [3.63, 3.8) is 0 Å². The number of fused-ring (bicyclic) bond motifs is 4. The smallest absolute Gasteiger partial charge is 0.407 e. The topological polar surface area (TPSA) is 119 Å². The van der Waals surface area contributed by atoms with Crippen LogP contribution in [0.2, 0.25) is 0 Å². The molecule has 5 heterocycles. The average Bonchev–Trinajstić information content (AvgIpc) is 3.42. The summed E-state index contributed by atoms with van der Waals surface area (Å²) < 4.78 is 20.1. The second-order valence-electron chi connectivity index (χ2n) is 11.3. The fourth-order valence-electron chi connectivity index (χ4n) is 6.89. The molecule has 2 N–H and O–H groups in total. The van der Waals surface area contributed by atoms with Gasteiger partial charge in [0.1, 0.15) is 17.2 Å². The highest BCUT2D eigenvalue weighted by Gasteiger charge is 2.43. The number of pyridine rings is 1. The summed E-state index contributed by atoms with van der Waals surface area (Å²) in [4.78, 5) is 50.4. The maximum atomic E-state index is 14.4. The van der Waals surface area contributed by atoms with Gasteiger partial charge >= 0.3 is 12.1 Å². The first-order valence-electron chi connectivity index (χ1n) is 13.8. The number of ether oxygens (including phenoxy) is 1. The third-order valence-corrected chi connectivity index (χ3v) is 9.01. The zero-order valence-electron chi connectivity index (χ0n) is 21.9. The number of ketones is 1. The summed E-state index contributed by atoms with van der Waals surface area (Å²) in [6, 6.07) is 5.12. The third kappa shape index (κ3) is 4.11. The number of carboxylic acid groups (broad SMARTS) is 1. The van der Waals surface area contributed by atoms with E-state index in [1.807, 2.05) is 21.9 Å².